The molecule has 0 fully saturated rings. The largest absolute Gasteiger partial charge is 0.461 e. The van der Waals surface area contributed by atoms with Gasteiger partial charge in [-0.1, -0.05) is 11.6 Å². The van der Waals surface area contributed by atoms with Crippen molar-refractivity contribution in [3.05, 3.63) is 71.3 Å². The minimum Gasteiger partial charge on any atom is -0.461 e. The molecule has 132 valence electrons. The highest BCUT2D eigenvalue weighted by Gasteiger charge is 2.11. The number of esters is 1. The molecule has 3 rings (SSSR count). The van der Waals surface area contributed by atoms with E-state index in [2.05, 4.69) is 9.97 Å². The van der Waals surface area contributed by atoms with Crippen LogP contribution in [0.4, 0.5) is 4.39 Å². The minimum absolute atomic E-state index is 0.0720. The molecule has 0 aliphatic carbocycles. The van der Waals surface area contributed by atoms with Gasteiger partial charge >= 0.3 is 5.97 Å². The molecule has 7 heteroatoms. The first kappa shape index (κ1) is 17.8. The molecule has 0 N–H and O–H groups in total. The number of benzene rings is 2. The molecule has 0 spiro atoms. The molecule has 0 bridgehead atoms. The van der Waals surface area contributed by atoms with E-state index in [1.165, 1.54) is 24.4 Å². The molecule has 2 aromatic carbocycles. The highest BCUT2D eigenvalue weighted by atomic mass is 35.5. The van der Waals surface area contributed by atoms with E-state index < -0.39 is 11.8 Å². The van der Waals surface area contributed by atoms with Gasteiger partial charge in [0.05, 0.1) is 6.61 Å². The van der Waals surface area contributed by atoms with Crippen LogP contribution >= 0.6 is 11.6 Å². The molecule has 0 unspecified atom stereocenters. The summed E-state index contributed by atoms with van der Waals surface area (Å²) < 4.78 is 24.2. The number of nitrogens with zero attached hydrogens (tertiary/aromatic N) is 2. The fourth-order valence-electron chi connectivity index (χ4n) is 2.17. The van der Waals surface area contributed by atoms with Gasteiger partial charge in [-0.2, -0.15) is 0 Å². The van der Waals surface area contributed by atoms with Crippen molar-refractivity contribution in [3.8, 4) is 22.9 Å². The van der Waals surface area contributed by atoms with Crippen LogP contribution in [-0.4, -0.2) is 22.5 Å². The van der Waals surface area contributed by atoms with Crippen LogP contribution in [0.2, 0.25) is 5.02 Å². The maximum Gasteiger partial charge on any atom is 0.357 e. The van der Waals surface area contributed by atoms with Gasteiger partial charge in [0.2, 0.25) is 0 Å². The maximum atomic E-state index is 13.8. The quantitative estimate of drug-likeness (QED) is 0.596. The summed E-state index contributed by atoms with van der Waals surface area (Å²) in [5, 5.41) is 0.295. The zero-order chi connectivity index (χ0) is 18.5. The normalized spacial score (nSPS) is 10.4. The summed E-state index contributed by atoms with van der Waals surface area (Å²) in [6, 6.07) is 12.4. The first-order valence-electron chi connectivity index (χ1n) is 7.80. The summed E-state index contributed by atoms with van der Waals surface area (Å²) >= 11 is 5.72. The van der Waals surface area contributed by atoms with E-state index in [9.17, 15) is 9.18 Å². The van der Waals surface area contributed by atoms with E-state index in [1.54, 1.807) is 37.3 Å². The van der Waals surface area contributed by atoms with E-state index >= 15 is 0 Å². The Labute approximate surface area is 154 Å². The van der Waals surface area contributed by atoms with Crippen molar-refractivity contribution in [3.63, 3.8) is 0 Å². The summed E-state index contributed by atoms with van der Waals surface area (Å²) in [4.78, 5) is 20.1. The average molecular weight is 373 g/mol. The van der Waals surface area contributed by atoms with E-state index in [1.807, 2.05) is 0 Å². The van der Waals surface area contributed by atoms with Crippen LogP contribution in [0.1, 0.15) is 17.4 Å². The van der Waals surface area contributed by atoms with Crippen molar-refractivity contribution in [1.29, 1.82) is 0 Å². The van der Waals surface area contributed by atoms with Crippen LogP contribution in [0.5, 0.6) is 11.5 Å². The van der Waals surface area contributed by atoms with Crippen LogP contribution in [0.25, 0.3) is 11.4 Å². The lowest BCUT2D eigenvalue weighted by atomic mass is 10.2. The minimum atomic E-state index is -0.549. The molecule has 0 radical (unpaired) electrons. The Morgan fingerprint density at radius 3 is 2.62 bits per heavy atom. The summed E-state index contributed by atoms with van der Waals surface area (Å²) in [7, 11) is 0. The van der Waals surface area contributed by atoms with Gasteiger partial charge in [-0.05, 0) is 55.5 Å². The summed E-state index contributed by atoms with van der Waals surface area (Å²) in [5.74, 6) is -0.166. The maximum absolute atomic E-state index is 13.8. The number of rotatable bonds is 5. The number of carbonyl (C=O) groups excluding carboxylic acids is 1. The summed E-state index contributed by atoms with van der Waals surface area (Å²) in [5.41, 5.74) is 0.862. The van der Waals surface area contributed by atoms with Crippen molar-refractivity contribution >= 4 is 17.6 Å². The SMILES string of the molecule is CCOC(=O)c1ccnc(-c2ccc(Oc3ccc(Cl)cc3F)cc2)n1. The van der Waals surface area contributed by atoms with Crippen LogP contribution in [0.3, 0.4) is 0 Å². The van der Waals surface area contributed by atoms with Gasteiger partial charge in [0, 0.05) is 16.8 Å². The van der Waals surface area contributed by atoms with E-state index in [0.717, 1.165) is 0 Å². The molecular formula is C19H14ClFN2O3. The molecular weight excluding hydrogens is 359 g/mol. The zero-order valence-corrected chi connectivity index (χ0v) is 14.5. The average Bonchev–Trinajstić information content (AvgIpc) is 2.65. The first-order valence-corrected chi connectivity index (χ1v) is 8.18. The van der Waals surface area contributed by atoms with E-state index in [0.29, 0.717) is 22.2 Å². The Bertz CT molecular complexity index is 932. The molecule has 5 nitrogen and oxygen atoms in total. The number of hydrogen-bond acceptors (Lipinski definition) is 5. The standard InChI is InChI=1S/C19H14ClFN2O3/c1-2-25-19(24)16-9-10-22-18(23-16)12-3-6-14(7-4-12)26-17-8-5-13(20)11-15(17)21/h3-11H,2H2,1H3. The van der Waals surface area contributed by atoms with Gasteiger partial charge < -0.3 is 9.47 Å². The van der Waals surface area contributed by atoms with Crippen molar-refractivity contribution in [2.45, 2.75) is 6.92 Å². The van der Waals surface area contributed by atoms with Gasteiger partial charge in [-0.15, -0.1) is 0 Å². The van der Waals surface area contributed by atoms with Gasteiger partial charge in [0.25, 0.3) is 0 Å². The number of aromatic nitrogens is 2. The summed E-state index contributed by atoms with van der Waals surface area (Å²) in [6.45, 7) is 1.99. The molecule has 26 heavy (non-hydrogen) atoms. The molecule has 1 aromatic heterocycles. The van der Waals surface area contributed by atoms with Crippen molar-refractivity contribution in [2.75, 3.05) is 6.61 Å². The van der Waals surface area contributed by atoms with Crippen molar-refractivity contribution in [1.82, 2.24) is 9.97 Å². The Morgan fingerprint density at radius 1 is 1.15 bits per heavy atom. The molecule has 0 atom stereocenters. The van der Waals surface area contributed by atoms with Crippen LogP contribution in [0.15, 0.2) is 54.7 Å². The fourth-order valence-corrected chi connectivity index (χ4v) is 2.33. The third kappa shape index (κ3) is 4.15. The van der Waals surface area contributed by atoms with Gasteiger partial charge in [-0.25, -0.2) is 19.2 Å². The number of carbonyl (C=O) groups is 1. The fraction of sp³-hybridized carbons (Fsp3) is 0.105. The highest BCUT2D eigenvalue weighted by molar-refractivity contribution is 6.30. The second kappa shape index (κ2) is 7.93. The Kier molecular flexibility index (Phi) is 5.43. The molecule has 0 saturated heterocycles. The molecule has 0 aliphatic heterocycles. The molecule has 0 aliphatic rings. The second-order valence-electron chi connectivity index (χ2n) is 5.19. The Hall–Kier alpha value is -2.99. The first-order chi connectivity index (χ1) is 12.6. The number of ether oxygens (including phenoxy) is 2. The Balaban J connectivity index is 1.79. The monoisotopic (exact) mass is 372 g/mol. The summed E-state index contributed by atoms with van der Waals surface area (Å²) in [6.07, 6.45) is 1.49. The van der Waals surface area contributed by atoms with Crippen LogP contribution < -0.4 is 4.74 Å². The second-order valence-corrected chi connectivity index (χ2v) is 5.62. The lowest BCUT2D eigenvalue weighted by Crippen LogP contribution is -2.08. The van der Waals surface area contributed by atoms with E-state index in [-0.39, 0.29) is 18.1 Å². The third-order valence-corrected chi connectivity index (χ3v) is 3.61. The van der Waals surface area contributed by atoms with Crippen LogP contribution in [0, 0.1) is 5.82 Å². The zero-order valence-electron chi connectivity index (χ0n) is 13.8. The molecule has 1 heterocycles. The lowest BCUT2D eigenvalue weighted by Gasteiger charge is -2.08. The molecule has 0 amide bonds. The lowest BCUT2D eigenvalue weighted by molar-refractivity contribution is 0.0519. The van der Waals surface area contributed by atoms with Crippen LogP contribution in [-0.2, 0) is 4.74 Å². The van der Waals surface area contributed by atoms with Gasteiger partial charge in [-0.3, -0.25) is 0 Å². The predicted octanol–water partition coefficient (Wildman–Crippen LogP) is 4.91. The third-order valence-electron chi connectivity index (χ3n) is 3.37. The number of halogens is 2. The smallest absolute Gasteiger partial charge is 0.357 e. The Morgan fingerprint density at radius 2 is 1.92 bits per heavy atom. The highest BCUT2D eigenvalue weighted by Crippen LogP contribution is 2.28. The van der Waals surface area contributed by atoms with Gasteiger partial charge in [0.15, 0.2) is 23.1 Å². The predicted molar refractivity (Wildman–Crippen MR) is 94.9 cm³/mol. The molecule has 0 saturated carbocycles. The topological polar surface area (TPSA) is 61.3 Å². The number of hydrogen-bond donors (Lipinski definition) is 0. The van der Waals surface area contributed by atoms with Crippen molar-refractivity contribution in [2.24, 2.45) is 0 Å². The molecule has 3 aromatic rings. The van der Waals surface area contributed by atoms with E-state index in [4.69, 9.17) is 21.1 Å². The van der Waals surface area contributed by atoms with Gasteiger partial charge in [0.1, 0.15) is 5.75 Å². The van der Waals surface area contributed by atoms with Crippen molar-refractivity contribution < 1.29 is 18.7 Å².